The van der Waals surface area contributed by atoms with Crippen molar-refractivity contribution in [3.8, 4) is 5.75 Å². The Bertz CT molecular complexity index is 301. The molecule has 0 aliphatic carbocycles. The summed E-state index contributed by atoms with van der Waals surface area (Å²) in [4.78, 5) is 11.4. The van der Waals surface area contributed by atoms with Gasteiger partial charge >= 0.3 is 5.97 Å². The average Bonchev–Trinajstić information content (AvgIpc) is 2.20. The average molecular weight is 192 g/mol. The minimum absolute atomic E-state index is 0.0312. The van der Waals surface area contributed by atoms with Crippen LogP contribution in [-0.4, -0.2) is 5.97 Å². The molecule has 0 bridgehead atoms. The molecular weight excluding hydrogens is 176 g/mol. The van der Waals surface area contributed by atoms with Crippen LogP contribution in [0.4, 0.5) is 0 Å². The Morgan fingerprint density at radius 2 is 1.93 bits per heavy atom. The fourth-order valence-corrected chi connectivity index (χ4v) is 0.990. The summed E-state index contributed by atoms with van der Waals surface area (Å²) in [6, 6.07) is 7.49. The number of rotatable bonds is 3. The maximum absolute atomic E-state index is 11.4. The molecule has 0 radical (unpaired) electrons. The second-order valence-electron chi connectivity index (χ2n) is 3.54. The van der Waals surface area contributed by atoms with Crippen LogP contribution in [0.1, 0.15) is 25.8 Å². The van der Waals surface area contributed by atoms with Gasteiger partial charge in [0.05, 0.1) is 5.92 Å². The summed E-state index contributed by atoms with van der Waals surface area (Å²) in [6.45, 7) is 5.85. The van der Waals surface area contributed by atoms with Crippen LogP contribution in [0, 0.1) is 12.8 Å². The highest BCUT2D eigenvalue weighted by Gasteiger charge is 2.12. The van der Waals surface area contributed by atoms with Crippen LogP contribution in [0.3, 0.4) is 0 Å². The molecule has 0 saturated heterocycles. The molecule has 0 aliphatic rings. The van der Waals surface area contributed by atoms with Gasteiger partial charge in [-0.25, -0.2) is 0 Å². The van der Waals surface area contributed by atoms with Gasteiger partial charge in [-0.2, -0.15) is 0 Å². The van der Waals surface area contributed by atoms with Gasteiger partial charge in [-0.3, -0.25) is 4.79 Å². The number of benzene rings is 1. The lowest BCUT2D eigenvalue weighted by molar-refractivity contribution is -0.138. The van der Waals surface area contributed by atoms with E-state index in [-0.39, 0.29) is 11.9 Å². The summed E-state index contributed by atoms with van der Waals surface area (Å²) < 4.78 is 5.18. The molecule has 1 aromatic carbocycles. The zero-order valence-corrected chi connectivity index (χ0v) is 8.91. The van der Waals surface area contributed by atoms with Crippen LogP contribution < -0.4 is 4.74 Å². The molecule has 0 aliphatic heterocycles. The van der Waals surface area contributed by atoms with Crippen molar-refractivity contribution < 1.29 is 9.53 Å². The molecule has 1 unspecified atom stereocenters. The number of esters is 1. The second-order valence-corrected chi connectivity index (χ2v) is 3.54. The van der Waals surface area contributed by atoms with Crippen molar-refractivity contribution in [1.82, 2.24) is 0 Å². The maximum atomic E-state index is 11.4. The first-order chi connectivity index (χ1) is 6.63. The largest absolute Gasteiger partial charge is 0.426 e. The van der Waals surface area contributed by atoms with Crippen LogP contribution in [0.2, 0.25) is 0 Å². The van der Waals surface area contributed by atoms with Gasteiger partial charge < -0.3 is 4.74 Å². The standard InChI is InChI=1S/C12H16O2/c1-4-10(3)12(13)14-11-7-5-9(2)6-8-11/h5-8,10H,4H2,1-3H3. The van der Waals surface area contributed by atoms with Crippen LogP contribution in [0.25, 0.3) is 0 Å². The maximum Gasteiger partial charge on any atom is 0.314 e. The first kappa shape index (κ1) is 10.8. The molecule has 0 spiro atoms. The van der Waals surface area contributed by atoms with E-state index < -0.39 is 0 Å². The Kier molecular flexibility index (Phi) is 3.69. The van der Waals surface area contributed by atoms with Gasteiger partial charge in [0, 0.05) is 0 Å². The van der Waals surface area contributed by atoms with Crippen LogP contribution in [0.15, 0.2) is 24.3 Å². The summed E-state index contributed by atoms with van der Waals surface area (Å²) in [7, 11) is 0. The van der Waals surface area contributed by atoms with Crippen LogP contribution >= 0.6 is 0 Å². The lowest BCUT2D eigenvalue weighted by atomic mass is 10.1. The van der Waals surface area contributed by atoms with E-state index in [1.54, 1.807) is 0 Å². The molecule has 2 nitrogen and oxygen atoms in total. The monoisotopic (exact) mass is 192 g/mol. The molecule has 0 fully saturated rings. The Balaban J connectivity index is 2.60. The Morgan fingerprint density at radius 1 is 1.36 bits per heavy atom. The van der Waals surface area contributed by atoms with Crippen molar-refractivity contribution in [1.29, 1.82) is 0 Å². The van der Waals surface area contributed by atoms with Crippen LogP contribution in [0.5, 0.6) is 5.75 Å². The van der Waals surface area contributed by atoms with Gasteiger partial charge in [0.25, 0.3) is 0 Å². The number of hydrogen-bond donors (Lipinski definition) is 0. The molecule has 1 rings (SSSR count). The summed E-state index contributed by atoms with van der Waals surface area (Å²) in [5, 5.41) is 0. The Labute approximate surface area is 84.9 Å². The third-order valence-corrected chi connectivity index (χ3v) is 2.25. The van der Waals surface area contributed by atoms with Gasteiger partial charge in [0.2, 0.25) is 0 Å². The number of carbonyl (C=O) groups is 1. The summed E-state index contributed by atoms with van der Waals surface area (Å²) >= 11 is 0. The number of aryl methyl sites for hydroxylation is 1. The van der Waals surface area contributed by atoms with Gasteiger partial charge in [0.1, 0.15) is 5.75 Å². The van der Waals surface area contributed by atoms with E-state index in [4.69, 9.17) is 4.74 Å². The topological polar surface area (TPSA) is 26.3 Å². The van der Waals surface area contributed by atoms with Gasteiger partial charge in [0.15, 0.2) is 0 Å². The highest BCUT2D eigenvalue weighted by Crippen LogP contribution is 2.14. The van der Waals surface area contributed by atoms with E-state index in [2.05, 4.69) is 0 Å². The highest BCUT2D eigenvalue weighted by atomic mass is 16.5. The van der Waals surface area contributed by atoms with Crippen molar-refractivity contribution in [2.75, 3.05) is 0 Å². The molecule has 1 atom stereocenters. The van der Waals surface area contributed by atoms with Crippen LogP contribution in [-0.2, 0) is 4.79 Å². The van der Waals surface area contributed by atoms with E-state index in [0.717, 1.165) is 12.0 Å². The first-order valence-electron chi connectivity index (χ1n) is 4.92. The Morgan fingerprint density at radius 3 is 2.43 bits per heavy atom. The number of hydrogen-bond acceptors (Lipinski definition) is 2. The molecular formula is C12H16O2. The predicted molar refractivity (Wildman–Crippen MR) is 56.3 cm³/mol. The molecule has 0 saturated carbocycles. The van der Waals surface area contributed by atoms with E-state index in [1.165, 1.54) is 0 Å². The van der Waals surface area contributed by atoms with Crippen molar-refractivity contribution in [3.05, 3.63) is 29.8 Å². The Hall–Kier alpha value is -1.31. The lowest BCUT2D eigenvalue weighted by Crippen LogP contribution is -2.16. The SMILES string of the molecule is CCC(C)C(=O)Oc1ccc(C)cc1. The van der Waals surface area contributed by atoms with E-state index in [9.17, 15) is 4.79 Å². The molecule has 1 aromatic rings. The molecule has 0 N–H and O–H groups in total. The fraction of sp³-hybridized carbons (Fsp3) is 0.417. The lowest BCUT2D eigenvalue weighted by Gasteiger charge is -2.08. The zero-order chi connectivity index (χ0) is 10.6. The molecule has 14 heavy (non-hydrogen) atoms. The summed E-state index contributed by atoms with van der Waals surface area (Å²) in [6.07, 6.45) is 0.810. The number of ether oxygens (including phenoxy) is 1. The summed E-state index contributed by atoms with van der Waals surface area (Å²) in [5.41, 5.74) is 1.16. The number of carbonyl (C=O) groups excluding carboxylic acids is 1. The quantitative estimate of drug-likeness (QED) is 0.543. The molecule has 0 aromatic heterocycles. The zero-order valence-electron chi connectivity index (χ0n) is 8.91. The van der Waals surface area contributed by atoms with Crippen molar-refractivity contribution in [2.45, 2.75) is 27.2 Å². The predicted octanol–water partition coefficient (Wildman–Crippen LogP) is 2.95. The first-order valence-corrected chi connectivity index (χ1v) is 4.92. The molecule has 76 valence electrons. The third-order valence-electron chi connectivity index (χ3n) is 2.25. The third kappa shape index (κ3) is 2.87. The molecule has 0 amide bonds. The minimum Gasteiger partial charge on any atom is -0.426 e. The molecule has 2 heteroatoms. The van der Waals surface area contributed by atoms with E-state index in [1.807, 2.05) is 45.0 Å². The smallest absolute Gasteiger partial charge is 0.314 e. The normalized spacial score (nSPS) is 12.2. The second kappa shape index (κ2) is 4.80. The van der Waals surface area contributed by atoms with Crippen molar-refractivity contribution >= 4 is 5.97 Å². The highest BCUT2D eigenvalue weighted by molar-refractivity contribution is 5.74. The molecule has 0 heterocycles. The van der Waals surface area contributed by atoms with E-state index in [0.29, 0.717) is 5.75 Å². The van der Waals surface area contributed by atoms with Crippen molar-refractivity contribution in [3.63, 3.8) is 0 Å². The van der Waals surface area contributed by atoms with Gasteiger partial charge in [-0.05, 0) is 25.5 Å². The van der Waals surface area contributed by atoms with Gasteiger partial charge in [-0.15, -0.1) is 0 Å². The fourth-order valence-electron chi connectivity index (χ4n) is 0.990. The minimum atomic E-state index is -0.156. The van der Waals surface area contributed by atoms with Gasteiger partial charge in [-0.1, -0.05) is 31.5 Å². The summed E-state index contributed by atoms with van der Waals surface area (Å²) in [5.74, 6) is 0.438. The van der Waals surface area contributed by atoms with E-state index >= 15 is 0 Å². The van der Waals surface area contributed by atoms with Crippen molar-refractivity contribution in [2.24, 2.45) is 5.92 Å².